The van der Waals surface area contributed by atoms with Crippen LogP contribution < -0.4 is 10.6 Å². The Hall–Kier alpha value is -1.06. The summed E-state index contributed by atoms with van der Waals surface area (Å²) in [5, 5.41) is 9.35. The molecule has 1 aromatic carbocycles. The first-order chi connectivity index (χ1) is 9.19. The van der Waals surface area contributed by atoms with Gasteiger partial charge in [-0.2, -0.15) is 0 Å². The van der Waals surface area contributed by atoms with Gasteiger partial charge in [0.25, 0.3) is 0 Å². The molecule has 108 valence electrons. The number of benzene rings is 1. The molecule has 1 unspecified atom stereocenters. The van der Waals surface area contributed by atoms with Gasteiger partial charge in [-0.3, -0.25) is 0 Å². The predicted octanol–water partition coefficient (Wildman–Crippen LogP) is 3.08. The molecule has 1 rings (SSSR count). The van der Waals surface area contributed by atoms with Gasteiger partial charge in [0, 0.05) is 24.3 Å². The highest BCUT2D eigenvalue weighted by Crippen LogP contribution is 2.29. The Bertz CT molecular complexity index is 364. The van der Waals surface area contributed by atoms with E-state index in [1.54, 1.807) is 0 Å². The zero-order chi connectivity index (χ0) is 14.3. The van der Waals surface area contributed by atoms with Crippen molar-refractivity contribution in [1.82, 2.24) is 0 Å². The van der Waals surface area contributed by atoms with Crippen LogP contribution in [-0.2, 0) is 0 Å². The number of aliphatic hydroxyl groups excluding tert-OH is 1. The lowest BCUT2D eigenvalue weighted by atomic mass is 10.00. The number of nitrogens with two attached hydrogens (primary N) is 1. The van der Waals surface area contributed by atoms with E-state index in [0.717, 1.165) is 19.3 Å². The second-order valence-electron chi connectivity index (χ2n) is 4.96. The van der Waals surface area contributed by atoms with Crippen molar-refractivity contribution in [2.24, 2.45) is 5.73 Å². The molecule has 0 heterocycles. The van der Waals surface area contributed by atoms with Crippen LogP contribution in [0.4, 0.5) is 5.69 Å². The standard InChI is InChI=1S/C16H28N2O/c1-4-13(5-2)18(11-12-19)16-10-8-7-9-14(16)15(17)6-3/h7-10,13,15,19H,4-6,11-12,17H2,1-3H3. The Morgan fingerprint density at radius 2 is 1.74 bits per heavy atom. The third kappa shape index (κ3) is 3.95. The molecule has 3 nitrogen and oxygen atoms in total. The fourth-order valence-corrected chi connectivity index (χ4v) is 2.62. The predicted molar refractivity (Wildman–Crippen MR) is 82.5 cm³/mol. The summed E-state index contributed by atoms with van der Waals surface area (Å²) < 4.78 is 0. The maximum Gasteiger partial charge on any atom is 0.0606 e. The summed E-state index contributed by atoms with van der Waals surface area (Å²) in [5.41, 5.74) is 8.59. The van der Waals surface area contributed by atoms with Crippen LogP contribution in [0.3, 0.4) is 0 Å². The van der Waals surface area contributed by atoms with E-state index in [1.165, 1.54) is 11.3 Å². The van der Waals surface area contributed by atoms with E-state index in [2.05, 4.69) is 37.8 Å². The minimum absolute atomic E-state index is 0.0618. The van der Waals surface area contributed by atoms with Crippen LogP contribution in [0, 0.1) is 0 Å². The van der Waals surface area contributed by atoms with Gasteiger partial charge in [0.2, 0.25) is 0 Å². The smallest absolute Gasteiger partial charge is 0.0606 e. The lowest BCUT2D eigenvalue weighted by molar-refractivity contribution is 0.295. The molecule has 1 aromatic rings. The molecule has 0 aliphatic rings. The monoisotopic (exact) mass is 264 g/mol. The summed E-state index contributed by atoms with van der Waals surface area (Å²) in [5.74, 6) is 0. The third-order valence-corrected chi connectivity index (χ3v) is 3.81. The van der Waals surface area contributed by atoms with E-state index in [4.69, 9.17) is 5.73 Å². The SMILES string of the molecule is CCC(N)c1ccccc1N(CCO)C(CC)CC. The molecule has 19 heavy (non-hydrogen) atoms. The lowest BCUT2D eigenvalue weighted by Gasteiger charge is -2.34. The van der Waals surface area contributed by atoms with Crippen molar-refractivity contribution in [2.45, 2.75) is 52.1 Å². The highest BCUT2D eigenvalue weighted by atomic mass is 16.3. The molecule has 0 saturated carbocycles. The quantitative estimate of drug-likeness (QED) is 0.758. The molecule has 0 radical (unpaired) electrons. The van der Waals surface area contributed by atoms with Gasteiger partial charge in [-0.25, -0.2) is 0 Å². The zero-order valence-corrected chi connectivity index (χ0v) is 12.5. The molecule has 3 heteroatoms. The van der Waals surface area contributed by atoms with E-state index >= 15 is 0 Å². The highest BCUT2D eigenvalue weighted by Gasteiger charge is 2.19. The molecule has 0 amide bonds. The first-order valence-corrected chi connectivity index (χ1v) is 7.41. The molecule has 1 atom stereocenters. The largest absolute Gasteiger partial charge is 0.395 e. The summed E-state index contributed by atoms with van der Waals surface area (Å²) >= 11 is 0. The van der Waals surface area contributed by atoms with Gasteiger partial charge in [-0.15, -0.1) is 0 Å². The molecular weight excluding hydrogens is 236 g/mol. The van der Waals surface area contributed by atoms with Gasteiger partial charge in [-0.1, -0.05) is 39.0 Å². The van der Waals surface area contributed by atoms with Crippen LogP contribution in [0.25, 0.3) is 0 Å². The van der Waals surface area contributed by atoms with Crippen LogP contribution >= 0.6 is 0 Å². The Balaban J connectivity index is 3.14. The van der Waals surface area contributed by atoms with Crippen molar-refractivity contribution in [3.8, 4) is 0 Å². The van der Waals surface area contributed by atoms with Crippen LogP contribution in [0.15, 0.2) is 24.3 Å². The Kier molecular flexibility index (Phi) is 6.89. The van der Waals surface area contributed by atoms with Crippen molar-refractivity contribution in [2.75, 3.05) is 18.1 Å². The fourth-order valence-electron chi connectivity index (χ4n) is 2.62. The summed E-state index contributed by atoms with van der Waals surface area (Å²) in [6, 6.07) is 8.84. The number of aliphatic hydroxyl groups is 1. The summed E-state index contributed by atoms with van der Waals surface area (Å²) in [7, 11) is 0. The Morgan fingerprint density at radius 1 is 1.11 bits per heavy atom. The normalized spacial score (nSPS) is 12.7. The topological polar surface area (TPSA) is 49.5 Å². The Morgan fingerprint density at radius 3 is 2.26 bits per heavy atom. The average molecular weight is 264 g/mol. The summed E-state index contributed by atoms with van der Waals surface area (Å²) in [6.45, 7) is 7.34. The van der Waals surface area contributed by atoms with Crippen molar-refractivity contribution in [3.63, 3.8) is 0 Å². The van der Waals surface area contributed by atoms with E-state index < -0.39 is 0 Å². The van der Waals surface area contributed by atoms with Gasteiger partial charge < -0.3 is 15.7 Å². The average Bonchev–Trinajstić information content (AvgIpc) is 2.46. The second kappa shape index (κ2) is 8.18. The van der Waals surface area contributed by atoms with Gasteiger partial charge in [0.15, 0.2) is 0 Å². The second-order valence-corrected chi connectivity index (χ2v) is 4.96. The lowest BCUT2D eigenvalue weighted by Crippen LogP contribution is -2.38. The number of rotatable bonds is 8. The minimum Gasteiger partial charge on any atom is -0.395 e. The maximum atomic E-state index is 9.35. The molecule has 0 aliphatic carbocycles. The molecule has 0 aliphatic heterocycles. The van der Waals surface area contributed by atoms with Crippen molar-refractivity contribution in [1.29, 1.82) is 0 Å². The van der Waals surface area contributed by atoms with Gasteiger partial charge >= 0.3 is 0 Å². The number of nitrogens with zero attached hydrogens (tertiary/aromatic N) is 1. The number of hydrogen-bond acceptors (Lipinski definition) is 3. The van der Waals surface area contributed by atoms with Crippen LogP contribution in [0.1, 0.15) is 51.6 Å². The van der Waals surface area contributed by atoms with Gasteiger partial charge in [0.1, 0.15) is 0 Å². The van der Waals surface area contributed by atoms with E-state index in [9.17, 15) is 5.11 Å². The van der Waals surface area contributed by atoms with Crippen molar-refractivity contribution in [3.05, 3.63) is 29.8 Å². The number of hydrogen-bond donors (Lipinski definition) is 2. The molecule has 0 spiro atoms. The first-order valence-electron chi connectivity index (χ1n) is 7.41. The first kappa shape index (κ1) is 16.0. The summed E-state index contributed by atoms with van der Waals surface area (Å²) in [6.07, 6.45) is 3.07. The van der Waals surface area contributed by atoms with E-state index in [1.807, 2.05) is 12.1 Å². The molecule has 0 bridgehead atoms. The van der Waals surface area contributed by atoms with E-state index in [0.29, 0.717) is 12.6 Å². The van der Waals surface area contributed by atoms with Crippen LogP contribution in [0.2, 0.25) is 0 Å². The molecule has 3 N–H and O–H groups in total. The summed E-state index contributed by atoms with van der Waals surface area (Å²) in [4.78, 5) is 2.31. The van der Waals surface area contributed by atoms with Crippen LogP contribution in [0.5, 0.6) is 0 Å². The number of para-hydroxylation sites is 1. The van der Waals surface area contributed by atoms with Crippen molar-refractivity contribution >= 4 is 5.69 Å². The molecular formula is C16H28N2O. The van der Waals surface area contributed by atoms with E-state index in [-0.39, 0.29) is 12.6 Å². The van der Waals surface area contributed by atoms with Gasteiger partial charge in [0.05, 0.1) is 6.61 Å². The zero-order valence-electron chi connectivity index (χ0n) is 12.5. The van der Waals surface area contributed by atoms with Gasteiger partial charge in [-0.05, 0) is 30.9 Å². The fraction of sp³-hybridized carbons (Fsp3) is 0.625. The van der Waals surface area contributed by atoms with Crippen LogP contribution in [-0.4, -0.2) is 24.3 Å². The number of anilines is 1. The minimum atomic E-state index is 0.0618. The maximum absolute atomic E-state index is 9.35. The molecule has 0 fully saturated rings. The molecule has 0 saturated heterocycles. The molecule has 0 aromatic heterocycles. The van der Waals surface area contributed by atoms with Crippen molar-refractivity contribution < 1.29 is 5.11 Å². The highest BCUT2D eigenvalue weighted by molar-refractivity contribution is 5.55. The third-order valence-electron chi connectivity index (χ3n) is 3.81. The Labute approximate surface area is 117 Å².